The van der Waals surface area contributed by atoms with E-state index in [1.165, 1.54) is 18.5 Å². The molecule has 0 bridgehead atoms. The van der Waals surface area contributed by atoms with Gasteiger partial charge >= 0.3 is 0 Å². The van der Waals surface area contributed by atoms with Gasteiger partial charge in [0.05, 0.1) is 6.61 Å². The van der Waals surface area contributed by atoms with E-state index in [1.807, 2.05) is 6.07 Å². The Labute approximate surface area is 110 Å². The first-order valence-electron chi connectivity index (χ1n) is 7.03. The summed E-state index contributed by atoms with van der Waals surface area (Å²) < 4.78 is 5.68. The third-order valence-corrected chi connectivity index (χ3v) is 3.21. The van der Waals surface area contributed by atoms with Crippen molar-refractivity contribution in [3.05, 3.63) is 29.8 Å². The summed E-state index contributed by atoms with van der Waals surface area (Å²) in [5.74, 6) is 1.00. The van der Waals surface area contributed by atoms with Gasteiger partial charge < -0.3 is 10.1 Å². The van der Waals surface area contributed by atoms with Crippen LogP contribution in [0.3, 0.4) is 0 Å². The minimum atomic E-state index is 0.803. The van der Waals surface area contributed by atoms with E-state index in [0.29, 0.717) is 0 Å². The van der Waals surface area contributed by atoms with Crippen molar-refractivity contribution in [3.63, 3.8) is 0 Å². The SMILES string of the molecule is CCCOc1cccc(CN2CCCNCC2)c1. The first-order chi connectivity index (χ1) is 8.88. The predicted molar refractivity (Wildman–Crippen MR) is 75.0 cm³/mol. The van der Waals surface area contributed by atoms with E-state index in [9.17, 15) is 0 Å². The molecule has 1 saturated heterocycles. The number of nitrogens with one attached hydrogen (secondary N) is 1. The van der Waals surface area contributed by atoms with Crippen LogP contribution in [-0.2, 0) is 6.54 Å². The van der Waals surface area contributed by atoms with Crippen LogP contribution in [0.1, 0.15) is 25.3 Å². The molecule has 100 valence electrons. The Morgan fingerprint density at radius 1 is 1.28 bits per heavy atom. The second-order valence-electron chi connectivity index (χ2n) is 4.88. The van der Waals surface area contributed by atoms with Crippen LogP contribution >= 0.6 is 0 Å². The van der Waals surface area contributed by atoms with Gasteiger partial charge in [0.25, 0.3) is 0 Å². The number of hydrogen-bond donors (Lipinski definition) is 1. The summed E-state index contributed by atoms with van der Waals surface area (Å²) in [7, 11) is 0. The molecule has 0 atom stereocenters. The molecule has 0 amide bonds. The van der Waals surface area contributed by atoms with Crippen molar-refractivity contribution >= 4 is 0 Å². The van der Waals surface area contributed by atoms with Crippen molar-refractivity contribution in [3.8, 4) is 5.75 Å². The molecule has 0 saturated carbocycles. The molecule has 0 aromatic heterocycles. The van der Waals surface area contributed by atoms with Gasteiger partial charge in [0.15, 0.2) is 0 Å². The molecule has 1 aliphatic rings. The second-order valence-corrected chi connectivity index (χ2v) is 4.88. The van der Waals surface area contributed by atoms with E-state index in [4.69, 9.17) is 4.74 Å². The van der Waals surface area contributed by atoms with Gasteiger partial charge in [-0.1, -0.05) is 19.1 Å². The third-order valence-electron chi connectivity index (χ3n) is 3.21. The number of hydrogen-bond acceptors (Lipinski definition) is 3. The van der Waals surface area contributed by atoms with E-state index < -0.39 is 0 Å². The Morgan fingerprint density at radius 2 is 2.22 bits per heavy atom. The Hall–Kier alpha value is -1.06. The maximum Gasteiger partial charge on any atom is 0.119 e. The summed E-state index contributed by atoms with van der Waals surface area (Å²) in [6, 6.07) is 8.50. The number of rotatable bonds is 5. The Bertz CT molecular complexity index is 346. The van der Waals surface area contributed by atoms with Crippen LogP contribution in [0.2, 0.25) is 0 Å². The van der Waals surface area contributed by atoms with Gasteiger partial charge in [0.1, 0.15) is 5.75 Å². The van der Waals surface area contributed by atoms with E-state index >= 15 is 0 Å². The number of ether oxygens (including phenoxy) is 1. The molecule has 1 fully saturated rings. The summed E-state index contributed by atoms with van der Waals surface area (Å²) in [4.78, 5) is 2.51. The van der Waals surface area contributed by atoms with Crippen LogP contribution in [0.15, 0.2) is 24.3 Å². The molecular weight excluding hydrogens is 224 g/mol. The first-order valence-corrected chi connectivity index (χ1v) is 7.03. The van der Waals surface area contributed by atoms with E-state index in [0.717, 1.165) is 45.0 Å². The van der Waals surface area contributed by atoms with Gasteiger partial charge in [-0.2, -0.15) is 0 Å². The fourth-order valence-corrected chi connectivity index (χ4v) is 2.27. The lowest BCUT2D eigenvalue weighted by molar-refractivity contribution is 0.282. The molecule has 3 nitrogen and oxygen atoms in total. The summed E-state index contributed by atoms with van der Waals surface area (Å²) in [5, 5.41) is 3.44. The summed E-state index contributed by atoms with van der Waals surface area (Å²) >= 11 is 0. The van der Waals surface area contributed by atoms with Crippen molar-refractivity contribution in [1.82, 2.24) is 10.2 Å². The van der Waals surface area contributed by atoms with Crippen LogP contribution in [0.4, 0.5) is 0 Å². The van der Waals surface area contributed by atoms with E-state index in [-0.39, 0.29) is 0 Å². The lowest BCUT2D eigenvalue weighted by atomic mass is 10.2. The van der Waals surface area contributed by atoms with Gasteiger partial charge in [-0.3, -0.25) is 4.90 Å². The quantitative estimate of drug-likeness (QED) is 0.865. The zero-order valence-corrected chi connectivity index (χ0v) is 11.3. The summed E-state index contributed by atoms with van der Waals surface area (Å²) in [5.41, 5.74) is 1.35. The minimum Gasteiger partial charge on any atom is -0.494 e. The summed E-state index contributed by atoms with van der Waals surface area (Å²) in [6.45, 7) is 8.55. The lowest BCUT2D eigenvalue weighted by Gasteiger charge is -2.19. The molecule has 1 heterocycles. The van der Waals surface area contributed by atoms with Crippen LogP contribution in [-0.4, -0.2) is 37.7 Å². The Balaban J connectivity index is 1.91. The van der Waals surface area contributed by atoms with Gasteiger partial charge in [-0.15, -0.1) is 0 Å². The molecule has 0 spiro atoms. The number of benzene rings is 1. The van der Waals surface area contributed by atoms with E-state index in [2.05, 4.69) is 35.3 Å². The maximum atomic E-state index is 5.68. The highest BCUT2D eigenvalue weighted by molar-refractivity contribution is 5.28. The molecule has 18 heavy (non-hydrogen) atoms. The molecule has 0 aliphatic carbocycles. The smallest absolute Gasteiger partial charge is 0.119 e. The van der Waals surface area contributed by atoms with Gasteiger partial charge in [0.2, 0.25) is 0 Å². The van der Waals surface area contributed by atoms with Crippen molar-refractivity contribution in [2.45, 2.75) is 26.3 Å². The van der Waals surface area contributed by atoms with Crippen molar-refractivity contribution in [1.29, 1.82) is 0 Å². The molecular formula is C15H24N2O. The third kappa shape index (κ3) is 4.31. The largest absolute Gasteiger partial charge is 0.494 e. The van der Waals surface area contributed by atoms with Crippen LogP contribution in [0, 0.1) is 0 Å². The normalized spacial score (nSPS) is 17.4. The average molecular weight is 248 g/mol. The fraction of sp³-hybridized carbons (Fsp3) is 0.600. The molecule has 3 heteroatoms. The topological polar surface area (TPSA) is 24.5 Å². The van der Waals surface area contributed by atoms with Gasteiger partial charge in [0, 0.05) is 19.6 Å². The maximum absolute atomic E-state index is 5.68. The average Bonchev–Trinajstić information content (AvgIpc) is 2.65. The molecule has 1 aliphatic heterocycles. The van der Waals surface area contributed by atoms with Crippen LogP contribution in [0.5, 0.6) is 5.75 Å². The Kier molecular flexibility index (Phi) is 5.49. The van der Waals surface area contributed by atoms with Gasteiger partial charge in [-0.25, -0.2) is 0 Å². The van der Waals surface area contributed by atoms with Crippen LogP contribution in [0.25, 0.3) is 0 Å². The van der Waals surface area contributed by atoms with Crippen molar-refractivity contribution in [2.24, 2.45) is 0 Å². The van der Waals surface area contributed by atoms with E-state index in [1.54, 1.807) is 0 Å². The first kappa shape index (κ1) is 13.4. The zero-order valence-electron chi connectivity index (χ0n) is 11.3. The molecule has 2 rings (SSSR count). The van der Waals surface area contributed by atoms with Crippen molar-refractivity contribution < 1.29 is 4.74 Å². The summed E-state index contributed by atoms with van der Waals surface area (Å²) in [6.07, 6.45) is 2.30. The van der Waals surface area contributed by atoms with Gasteiger partial charge in [-0.05, 0) is 43.6 Å². The van der Waals surface area contributed by atoms with Crippen LogP contribution < -0.4 is 10.1 Å². The lowest BCUT2D eigenvalue weighted by Crippen LogP contribution is -2.27. The Morgan fingerprint density at radius 3 is 3.11 bits per heavy atom. The molecule has 0 unspecified atom stereocenters. The van der Waals surface area contributed by atoms with Crippen molar-refractivity contribution in [2.75, 3.05) is 32.8 Å². The zero-order chi connectivity index (χ0) is 12.6. The highest BCUT2D eigenvalue weighted by atomic mass is 16.5. The monoisotopic (exact) mass is 248 g/mol. The highest BCUT2D eigenvalue weighted by Crippen LogP contribution is 2.15. The minimum absolute atomic E-state index is 0.803. The molecule has 0 radical (unpaired) electrons. The fourth-order valence-electron chi connectivity index (χ4n) is 2.27. The predicted octanol–water partition coefficient (Wildman–Crippen LogP) is 2.27. The molecule has 1 aromatic rings. The molecule has 1 N–H and O–H groups in total. The highest BCUT2D eigenvalue weighted by Gasteiger charge is 2.09. The molecule has 1 aromatic carbocycles. The standard InChI is InChI=1S/C15H24N2O/c1-2-11-18-15-6-3-5-14(12-15)13-17-9-4-7-16-8-10-17/h3,5-6,12,16H,2,4,7-11,13H2,1H3. The second kappa shape index (κ2) is 7.39. The number of nitrogens with zero attached hydrogens (tertiary/aromatic N) is 1.